The quantitative estimate of drug-likeness (QED) is 0.821. The molecule has 0 saturated carbocycles. The molecule has 3 aliphatic heterocycles. The summed E-state index contributed by atoms with van der Waals surface area (Å²) in [5.41, 5.74) is -0.312. The van der Waals surface area contributed by atoms with Crippen molar-refractivity contribution in [3.8, 4) is 0 Å². The van der Waals surface area contributed by atoms with Crippen molar-refractivity contribution in [2.24, 2.45) is 5.41 Å². The predicted molar refractivity (Wildman–Crippen MR) is 95.9 cm³/mol. The third-order valence-electron chi connectivity index (χ3n) is 6.78. The summed E-state index contributed by atoms with van der Waals surface area (Å²) in [5, 5.41) is 14.3. The number of hydrogen-bond donors (Lipinski definition) is 2. The maximum absolute atomic E-state index is 12.7. The van der Waals surface area contributed by atoms with Crippen LogP contribution in [0.3, 0.4) is 0 Å². The fraction of sp³-hybridized carbons (Fsp3) is 0.947. The molecule has 138 valence electrons. The monoisotopic (exact) mass is 337 g/mol. The predicted octanol–water partition coefficient (Wildman–Crippen LogP) is 1.60. The Morgan fingerprint density at radius 3 is 2.12 bits per heavy atom. The maximum Gasteiger partial charge on any atom is 0.225 e. The molecule has 0 bridgehead atoms. The molecule has 3 heterocycles. The molecule has 5 heteroatoms. The first-order valence-electron chi connectivity index (χ1n) is 9.86. The Bertz CT molecular complexity index is 428. The lowest BCUT2D eigenvalue weighted by Gasteiger charge is -2.45. The zero-order valence-electron chi connectivity index (χ0n) is 15.5. The smallest absolute Gasteiger partial charge is 0.225 e. The van der Waals surface area contributed by atoms with E-state index in [2.05, 4.69) is 24.1 Å². The van der Waals surface area contributed by atoms with Crippen molar-refractivity contribution in [2.45, 2.75) is 70.4 Å². The van der Waals surface area contributed by atoms with E-state index in [0.29, 0.717) is 17.9 Å². The lowest BCUT2D eigenvalue weighted by atomic mass is 9.71. The number of piperidine rings is 3. The van der Waals surface area contributed by atoms with E-state index in [4.69, 9.17) is 0 Å². The number of carbonyl (C=O) groups excluding carboxylic acids is 1. The van der Waals surface area contributed by atoms with Gasteiger partial charge in [0.1, 0.15) is 0 Å². The van der Waals surface area contributed by atoms with E-state index in [9.17, 15) is 9.90 Å². The van der Waals surface area contributed by atoms with Gasteiger partial charge in [-0.3, -0.25) is 4.79 Å². The average Bonchev–Trinajstić information content (AvgIpc) is 2.56. The molecule has 3 saturated heterocycles. The molecule has 3 aliphatic rings. The third-order valence-corrected chi connectivity index (χ3v) is 6.78. The number of hydrogen-bond acceptors (Lipinski definition) is 4. The van der Waals surface area contributed by atoms with E-state index in [1.165, 1.54) is 12.8 Å². The van der Waals surface area contributed by atoms with E-state index in [-0.39, 0.29) is 5.91 Å². The first-order chi connectivity index (χ1) is 11.4. The van der Waals surface area contributed by atoms with Crippen molar-refractivity contribution in [3.63, 3.8) is 0 Å². The van der Waals surface area contributed by atoms with Crippen LogP contribution in [0.25, 0.3) is 0 Å². The Hall–Kier alpha value is -0.650. The van der Waals surface area contributed by atoms with Gasteiger partial charge in [-0.25, -0.2) is 0 Å². The summed E-state index contributed by atoms with van der Waals surface area (Å²) >= 11 is 0. The molecule has 3 rings (SSSR count). The van der Waals surface area contributed by atoms with Gasteiger partial charge in [-0.15, -0.1) is 0 Å². The molecule has 1 amide bonds. The molecule has 0 aromatic rings. The van der Waals surface area contributed by atoms with Crippen molar-refractivity contribution in [1.29, 1.82) is 0 Å². The number of amides is 1. The summed E-state index contributed by atoms with van der Waals surface area (Å²) in [6.07, 6.45) is 6.54. The topological polar surface area (TPSA) is 55.8 Å². The molecular weight excluding hydrogens is 302 g/mol. The van der Waals surface area contributed by atoms with Gasteiger partial charge in [0.2, 0.25) is 5.91 Å². The lowest BCUT2D eigenvalue weighted by Crippen LogP contribution is -2.51. The summed E-state index contributed by atoms with van der Waals surface area (Å²) in [6.45, 7) is 10.2. The molecule has 0 aromatic carbocycles. The van der Waals surface area contributed by atoms with Crippen LogP contribution in [0, 0.1) is 5.41 Å². The molecular formula is C19H35N3O2. The molecule has 0 radical (unpaired) electrons. The molecule has 0 unspecified atom stereocenters. The van der Waals surface area contributed by atoms with Crippen LogP contribution in [-0.2, 0) is 4.79 Å². The number of aliphatic hydroxyl groups is 1. The van der Waals surface area contributed by atoms with Crippen LogP contribution in [-0.4, -0.2) is 71.7 Å². The van der Waals surface area contributed by atoms with Crippen LogP contribution in [0.5, 0.6) is 0 Å². The molecule has 0 aliphatic carbocycles. The fourth-order valence-electron chi connectivity index (χ4n) is 4.71. The summed E-state index contributed by atoms with van der Waals surface area (Å²) in [4.78, 5) is 17.1. The molecule has 3 fully saturated rings. The Labute approximate surface area is 146 Å². The number of carbonyl (C=O) groups is 1. The summed E-state index contributed by atoms with van der Waals surface area (Å²) < 4.78 is 0. The largest absolute Gasteiger partial charge is 0.389 e. The van der Waals surface area contributed by atoms with Crippen molar-refractivity contribution >= 4 is 5.91 Å². The van der Waals surface area contributed by atoms with Gasteiger partial charge in [-0.1, -0.05) is 0 Å². The van der Waals surface area contributed by atoms with Gasteiger partial charge >= 0.3 is 0 Å². The van der Waals surface area contributed by atoms with E-state index in [1.54, 1.807) is 0 Å². The van der Waals surface area contributed by atoms with Gasteiger partial charge in [0.15, 0.2) is 0 Å². The highest BCUT2D eigenvalue weighted by molar-refractivity contribution is 5.77. The Kier molecular flexibility index (Phi) is 5.52. The maximum atomic E-state index is 12.7. The van der Waals surface area contributed by atoms with E-state index >= 15 is 0 Å². The minimum absolute atomic E-state index is 0.166. The van der Waals surface area contributed by atoms with Gasteiger partial charge < -0.3 is 20.2 Å². The molecule has 0 aromatic heterocycles. The van der Waals surface area contributed by atoms with E-state index in [1.807, 2.05) is 4.90 Å². The van der Waals surface area contributed by atoms with Crippen molar-refractivity contribution in [3.05, 3.63) is 0 Å². The van der Waals surface area contributed by atoms with Gasteiger partial charge in [0, 0.05) is 32.2 Å². The highest BCUT2D eigenvalue weighted by Crippen LogP contribution is 2.40. The lowest BCUT2D eigenvalue weighted by molar-refractivity contribution is -0.141. The van der Waals surface area contributed by atoms with Crippen LogP contribution in [0.15, 0.2) is 0 Å². The molecule has 2 N–H and O–H groups in total. The van der Waals surface area contributed by atoms with Crippen molar-refractivity contribution in [1.82, 2.24) is 15.1 Å². The van der Waals surface area contributed by atoms with Crippen LogP contribution in [0.4, 0.5) is 0 Å². The number of nitrogens with one attached hydrogen (secondary N) is 1. The fourth-order valence-corrected chi connectivity index (χ4v) is 4.71. The Morgan fingerprint density at radius 1 is 1.00 bits per heavy atom. The van der Waals surface area contributed by atoms with Crippen LogP contribution in [0.2, 0.25) is 0 Å². The highest BCUT2D eigenvalue weighted by atomic mass is 16.3. The summed E-state index contributed by atoms with van der Waals surface area (Å²) in [5.74, 6) is 0.166. The summed E-state index contributed by atoms with van der Waals surface area (Å²) in [6, 6.07) is 0.522. The SMILES string of the molecule is CC(C)N1CCC(O)(CC(=O)N2CCC3(CCNCC3)CC2)CC1. The second-order valence-corrected chi connectivity index (χ2v) is 8.66. The normalized spacial score (nSPS) is 27.6. The highest BCUT2D eigenvalue weighted by Gasteiger charge is 2.40. The van der Waals surface area contributed by atoms with E-state index < -0.39 is 5.60 Å². The molecule has 0 atom stereocenters. The van der Waals surface area contributed by atoms with Crippen molar-refractivity contribution < 1.29 is 9.90 Å². The van der Waals surface area contributed by atoms with E-state index in [0.717, 1.165) is 65.0 Å². The number of likely N-dealkylation sites (tertiary alicyclic amines) is 2. The molecule has 1 spiro atoms. The zero-order chi connectivity index (χ0) is 17.2. The first-order valence-corrected chi connectivity index (χ1v) is 9.86. The molecule has 24 heavy (non-hydrogen) atoms. The average molecular weight is 338 g/mol. The zero-order valence-corrected chi connectivity index (χ0v) is 15.5. The minimum atomic E-state index is -0.785. The second-order valence-electron chi connectivity index (χ2n) is 8.66. The van der Waals surface area contributed by atoms with Crippen LogP contribution >= 0.6 is 0 Å². The number of nitrogens with zero attached hydrogens (tertiary/aromatic N) is 2. The second kappa shape index (κ2) is 7.30. The van der Waals surface area contributed by atoms with Crippen LogP contribution in [0.1, 0.15) is 58.8 Å². The van der Waals surface area contributed by atoms with Gasteiger partial charge in [-0.2, -0.15) is 0 Å². The Balaban J connectivity index is 1.47. The van der Waals surface area contributed by atoms with Gasteiger partial charge in [-0.05, 0) is 70.9 Å². The van der Waals surface area contributed by atoms with Crippen LogP contribution < -0.4 is 5.32 Å². The third kappa shape index (κ3) is 4.12. The Morgan fingerprint density at radius 2 is 1.58 bits per heavy atom. The van der Waals surface area contributed by atoms with Gasteiger partial charge in [0.05, 0.1) is 12.0 Å². The first kappa shape index (κ1) is 18.2. The van der Waals surface area contributed by atoms with Gasteiger partial charge in [0.25, 0.3) is 0 Å². The minimum Gasteiger partial charge on any atom is -0.389 e. The molecule has 5 nitrogen and oxygen atoms in total. The summed E-state index contributed by atoms with van der Waals surface area (Å²) in [7, 11) is 0. The van der Waals surface area contributed by atoms with Crippen molar-refractivity contribution in [2.75, 3.05) is 39.3 Å². The number of rotatable bonds is 3. The standard InChI is InChI=1S/C19H35N3O2/c1-16(2)21-13-7-19(24,8-14-21)15-17(23)22-11-5-18(6-12-22)3-9-20-10-4-18/h16,20,24H,3-15H2,1-2H3.